The lowest BCUT2D eigenvalue weighted by Gasteiger charge is -2.22. The van der Waals surface area contributed by atoms with Crippen LogP contribution in [0.25, 0.3) is 0 Å². The molecule has 34 heavy (non-hydrogen) atoms. The van der Waals surface area contributed by atoms with E-state index < -0.39 is 15.9 Å². The smallest absolute Gasteiger partial charge is 0.271 e. The molecule has 1 N–H and O–H groups in total. The van der Waals surface area contributed by atoms with Crippen LogP contribution in [0.2, 0.25) is 5.02 Å². The maximum atomic E-state index is 12.5. The highest BCUT2D eigenvalue weighted by atomic mass is 35.5. The van der Waals surface area contributed by atoms with Crippen molar-refractivity contribution in [3.63, 3.8) is 0 Å². The molecule has 3 aromatic carbocycles. The van der Waals surface area contributed by atoms with Crippen molar-refractivity contribution in [3.05, 3.63) is 88.4 Å². The van der Waals surface area contributed by atoms with Gasteiger partial charge in [-0.05, 0) is 60.2 Å². The summed E-state index contributed by atoms with van der Waals surface area (Å²) in [6.45, 7) is 0.133. The molecule has 0 heterocycles. The Labute approximate surface area is 203 Å². The van der Waals surface area contributed by atoms with Gasteiger partial charge in [-0.1, -0.05) is 23.7 Å². The molecule has 0 atom stereocenters. The van der Waals surface area contributed by atoms with E-state index in [1.165, 1.54) is 29.8 Å². The van der Waals surface area contributed by atoms with E-state index in [-0.39, 0.29) is 6.54 Å². The predicted octanol–water partition coefficient (Wildman–Crippen LogP) is 4.09. The lowest BCUT2D eigenvalue weighted by molar-refractivity contribution is 0.0955. The van der Waals surface area contributed by atoms with Crippen molar-refractivity contribution in [2.24, 2.45) is 5.10 Å². The first-order valence-corrected chi connectivity index (χ1v) is 12.3. The molecule has 0 aromatic heterocycles. The fourth-order valence-corrected chi connectivity index (χ4v) is 4.11. The van der Waals surface area contributed by atoms with Gasteiger partial charge in [-0.25, -0.2) is 13.8 Å². The summed E-state index contributed by atoms with van der Waals surface area (Å²) in [6, 6.07) is 18.3. The number of nitrogens with zero attached hydrogens (tertiary/aromatic N) is 2. The second kappa shape index (κ2) is 11.0. The van der Waals surface area contributed by atoms with Gasteiger partial charge in [0.15, 0.2) is 0 Å². The maximum absolute atomic E-state index is 12.5. The van der Waals surface area contributed by atoms with Crippen LogP contribution in [0, 0.1) is 0 Å². The molecular weight excluding hydrogens is 478 g/mol. The minimum atomic E-state index is -3.56. The van der Waals surface area contributed by atoms with Gasteiger partial charge in [0.1, 0.15) is 11.5 Å². The Kier molecular flexibility index (Phi) is 8.14. The number of amides is 1. The van der Waals surface area contributed by atoms with Gasteiger partial charge >= 0.3 is 0 Å². The summed E-state index contributed by atoms with van der Waals surface area (Å²) in [7, 11) is -0.479. The number of rotatable bonds is 9. The quantitative estimate of drug-likeness (QED) is 0.352. The number of ether oxygens (including phenoxy) is 2. The van der Waals surface area contributed by atoms with Gasteiger partial charge in [-0.2, -0.15) is 5.10 Å². The molecule has 0 fully saturated rings. The summed E-state index contributed by atoms with van der Waals surface area (Å²) in [6.07, 6.45) is 2.58. The van der Waals surface area contributed by atoms with Crippen LogP contribution in [-0.2, 0) is 16.6 Å². The molecule has 8 nitrogen and oxygen atoms in total. The van der Waals surface area contributed by atoms with E-state index in [0.717, 1.165) is 11.8 Å². The van der Waals surface area contributed by atoms with Gasteiger partial charge in [-0.15, -0.1) is 0 Å². The zero-order valence-electron chi connectivity index (χ0n) is 18.9. The van der Waals surface area contributed by atoms with Crippen LogP contribution >= 0.6 is 11.6 Å². The molecule has 0 aliphatic rings. The van der Waals surface area contributed by atoms with Gasteiger partial charge in [0.05, 0.1) is 38.9 Å². The summed E-state index contributed by atoms with van der Waals surface area (Å²) in [5, 5.41) is 4.55. The fourth-order valence-electron chi connectivity index (χ4n) is 3.10. The van der Waals surface area contributed by atoms with E-state index in [2.05, 4.69) is 10.5 Å². The Morgan fingerprint density at radius 2 is 1.71 bits per heavy atom. The summed E-state index contributed by atoms with van der Waals surface area (Å²) < 4.78 is 36.5. The van der Waals surface area contributed by atoms with Crippen LogP contribution in [0.1, 0.15) is 21.5 Å². The molecule has 10 heteroatoms. The van der Waals surface area contributed by atoms with Gasteiger partial charge in [0.25, 0.3) is 5.91 Å². The number of hydrogen-bond acceptors (Lipinski definition) is 6. The average Bonchev–Trinajstić information content (AvgIpc) is 2.83. The van der Waals surface area contributed by atoms with Crippen molar-refractivity contribution in [1.82, 2.24) is 5.43 Å². The number of sulfonamides is 1. The van der Waals surface area contributed by atoms with E-state index in [1.54, 1.807) is 61.7 Å². The topological polar surface area (TPSA) is 97.3 Å². The molecule has 0 spiro atoms. The van der Waals surface area contributed by atoms with Gasteiger partial charge in [0, 0.05) is 16.1 Å². The molecule has 0 aliphatic heterocycles. The minimum absolute atomic E-state index is 0.133. The van der Waals surface area contributed by atoms with Crippen LogP contribution < -0.4 is 19.2 Å². The molecule has 178 valence electrons. The third-order valence-electron chi connectivity index (χ3n) is 4.86. The number of hydrogen-bond donors (Lipinski definition) is 1. The molecule has 0 saturated carbocycles. The zero-order valence-corrected chi connectivity index (χ0v) is 20.4. The van der Waals surface area contributed by atoms with Gasteiger partial charge in [-0.3, -0.25) is 9.10 Å². The molecule has 1 amide bonds. The predicted molar refractivity (Wildman–Crippen MR) is 134 cm³/mol. The first kappa shape index (κ1) is 25.1. The first-order chi connectivity index (χ1) is 16.2. The van der Waals surface area contributed by atoms with Crippen molar-refractivity contribution in [2.45, 2.75) is 6.54 Å². The van der Waals surface area contributed by atoms with E-state index in [9.17, 15) is 13.2 Å². The first-order valence-electron chi connectivity index (χ1n) is 10.1. The molecular formula is C24H24ClN3O5S. The number of halogens is 1. The number of carbonyl (C=O) groups excluding carboxylic acids is 1. The normalized spacial score (nSPS) is 11.3. The van der Waals surface area contributed by atoms with E-state index in [0.29, 0.717) is 33.3 Å². The minimum Gasteiger partial charge on any atom is -0.497 e. The number of hydrazone groups is 1. The van der Waals surface area contributed by atoms with Crippen molar-refractivity contribution in [1.29, 1.82) is 0 Å². The fraction of sp³-hybridized carbons (Fsp3) is 0.167. The van der Waals surface area contributed by atoms with Crippen LogP contribution in [0.5, 0.6) is 11.5 Å². The number of anilines is 1. The summed E-state index contributed by atoms with van der Waals surface area (Å²) in [5.74, 6) is 0.746. The van der Waals surface area contributed by atoms with Crippen LogP contribution in [0.4, 0.5) is 5.69 Å². The van der Waals surface area contributed by atoms with Crippen LogP contribution in [0.15, 0.2) is 71.8 Å². The highest BCUT2D eigenvalue weighted by molar-refractivity contribution is 7.92. The highest BCUT2D eigenvalue weighted by Gasteiger charge is 2.18. The second-order valence-corrected chi connectivity index (χ2v) is 9.59. The Balaban J connectivity index is 1.73. The van der Waals surface area contributed by atoms with E-state index >= 15 is 0 Å². The highest BCUT2D eigenvalue weighted by Crippen LogP contribution is 2.23. The van der Waals surface area contributed by atoms with E-state index in [1.807, 2.05) is 0 Å². The molecule has 0 bridgehead atoms. The van der Waals surface area contributed by atoms with E-state index in [4.69, 9.17) is 21.1 Å². The SMILES string of the molecule is COc1ccc(OC)c(/C=N/NC(=O)c2ccc(N(Cc3ccc(Cl)cc3)S(C)(=O)=O)cc2)c1. The standard InChI is InChI=1S/C24H24ClN3O5S/c1-32-22-12-13-23(33-2)19(14-22)15-26-27-24(29)18-6-10-21(11-7-18)28(34(3,30)31)16-17-4-8-20(25)9-5-17/h4-15H,16H2,1-3H3,(H,27,29)/b26-15+. The van der Waals surface area contributed by atoms with Crippen molar-refractivity contribution < 1.29 is 22.7 Å². The lowest BCUT2D eigenvalue weighted by Crippen LogP contribution is -2.29. The molecule has 0 radical (unpaired) electrons. The van der Waals surface area contributed by atoms with Gasteiger partial charge in [0.2, 0.25) is 10.0 Å². The summed E-state index contributed by atoms with van der Waals surface area (Å²) in [5.41, 5.74) is 4.60. The molecule has 3 rings (SSSR count). The van der Waals surface area contributed by atoms with Gasteiger partial charge < -0.3 is 9.47 Å². The lowest BCUT2D eigenvalue weighted by atomic mass is 10.2. The van der Waals surface area contributed by atoms with Crippen molar-refractivity contribution in [3.8, 4) is 11.5 Å². The third kappa shape index (κ3) is 6.49. The number of carbonyl (C=O) groups is 1. The van der Waals surface area contributed by atoms with Crippen LogP contribution in [-0.4, -0.2) is 41.0 Å². The van der Waals surface area contributed by atoms with Crippen molar-refractivity contribution >= 4 is 39.4 Å². The second-order valence-electron chi connectivity index (χ2n) is 7.25. The number of methoxy groups -OCH3 is 2. The molecule has 3 aromatic rings. The Morgan fingerprint density at radius 1 is 1.03 bits per heavy atom. The Hall–Kier alpha value is -3.56. The van der Waals surface area contributed by atoms with Crippen molar-refractivity contribution in [2.75, 3.05) is 24.8 Å². The zero-order chi connectivity index (χ0) is 24.7. The maximum Gasteiger partial charge on any atom is 0.271 e. The molecule has 0 unspecified atom stereocenters. The molecule has 0 aliphatic carbocycles. The summed E-state index contributed by atoms with van der Waals surface area (Å²) >= 11 is 5.91. The molecule has 0 saturated heterocycles. The Bertz CT molecular complexity index is 1280. The summed E-state index contributed by atoms with van der Waals surface area (Å²) in [4.78, 5) is 12.5. The third-order valence-corrected chi connectivity index (χ3v) is 6.26. The monoisotopic (exact) mass is 501 g/mol. The number of nitrogens with one attached hydrogen (secondary N) is 1. The Morgan fingerprint density at radius 3 is 2.29 bits per heavy atom. The van der Waals surface area contributed by atoms with Crippen LogP contribution in [0.3, 0.4) is 0 Å². The number of benzene rings is 3. The average molecular weight is 502 g/mol. The largest absolute Gasteiger partial charge is 0.497 e.